The van der Waals surface area contributed by atoms with Crippen molar-refractivity contribution in [3.05, 3.63) is 0 Å². The second kappa shape index (κ2) is 5.01. The molecular formula is C13H23NO. The predicted molar refractivity (Wildman–Crippen MR) is 63.6 cm³/mol. The fourth-order valence-electron chi connectivity index (χ4n) is 2.18. The summed E-state index contributed by atoms with van der Waals surface area (Å²) in [6.07, 6.45) is 7.90. The van der Waals surface area contributed by atoms with Gasteiger partial charge < -0.3 is 10.1 Å². The molecule has 0 amide bonds. The molecule has 0 aromatic rings. The summed E-state index contributed by atoms with van der Waals surface area (Å²) in [6.45, 7) is 9.46. The van der Waals surface area contributed by atoms with Crippen molar-refractivity contribution in [3.8, 4) is 12.3 Å². The second-order valence-corrected chi connectivity index (χ2v) is 4.85. The quantitative estimate of drug-likeness (QED) is 0.701. The summed E-state index contributed by atoms with van der Waals surface area (Å²) in [5.74, 6) is 2.78. The Labute approximate surface area is 93.8 Å². The summed E-state index contributed by atoms with van der Waals surface area (Å²) in [4.78, 5) is 0. The molecule has 0 spiro atoms. The zero-order valence-electron chi connectivity index (χ0n) is 10.3. The fraction of sp³-hybridized carbons (Fsp3) is 0.846. The van der Waals surface area contributed by atoms with Gasteiger partial charge in [-0.25, -0.2) is 0 Å². The van der Waals surface area contributed by atoms with Crippen LogP contribution in [-0.4, -0.2) is 24.8 Å². The van der Waals surface area contributed by atoms with Crippen LogP contribution in [-0.2, 0) is 4.74 Å². The molecule has 1 rings (SSSR count). The van der Waals surface area contributed by atoms with E-state index in [4.69, 9.17) is 11.2 Å². The third-order valence-corrected chi connectivity index (χ3v) is 3.56. The molecule has 0 saturated heterocycles. The second-order valence-electron chi connectivity index (χ2n) is 4.85. The smallest absolute Gasteiger partial charge is 0.0686 e. The van der Waals surface area contributed by atoms with Crippen LogP contribution in [0.4, 0.5) is 0 Å². The van der Waals surface area contributed by atoms with Crippen molar-refractivity contribution >= 4 is 0 Å². The Morgan fingerprint density at radius 1 is 1.53 bits per heavy atom. The normalized spacial score (nSPS) is 30.3. The number of hydrogen-bond donors (Lipinski definition) is 1. The van der Waals surface area contributed by atoms with E-state index in [0.29, 0.717) is 12.1 Å². The molecule has 3 atom stereocenters. The van der Waals surface area contributed by atoms with Gasteiger partial charge in [-0.05, 0) is 19.8 Å². The monoisotopic (exact) mass is 209 g/mol. The summed E-state index contributed by atoms with van der Waals surface area (Å²) in [5, 5.41) is 3.52. The van der Waals surface area contributed by atoms with Gasteiger partial charge >= 0.3 is 0 Å². The van der Waals surface area contributed by atoms with Crippen molar-refractivity contribution in [1.29, 1.82) is 0 Å². The Morgan fingerprint density at radius 3 is 2.60 bits per heavy atom. The van der Waals surface area contributed by atoms with Crippen molar-refractivity contribution < 1.29 is 4.74 Å². The van der Waals surface area contributed by atoms with Gasteiger partial charge in [-0.2, -0.15) is 0 Å². The van der Waals surface area contributed by atoms with Gasteiger partial charge in [0, 0.05) is 18.1 Å². The lowest BCUT2D eigenvalue weighted by Crippen LogP contribution is -2.62. The molecule has 0 heterocycles. The Bertz CT molecular complexity index is 241. The molecule has 1 aliphatic rings. The van der Waals surface area contributed by atoms with Crippen LogP contribution in [0.3, 0.4) is 0 Å². The van der Waals surface area contributed by atoms with E-state index in [0.717, 1.165) is 19.4 Å². The minimum Gasteiger partial charge on any atom is -0.378 e. The van der Waals surface area contributed by atoms with Gasteiger partial charge in [0.15, 0.2) is 0 Å². The van der Waals surface area contributed by atoms with Gasteiger partial charge in [0.1, 0.15) is 0 Å². The highest BCUT2D eigenvalue weighted by molar-refractivity contribution is 5.07. The van der Waals surface area contributed by atoms with Crippen LogP contribution in [0.2, 0.25) is 0 Å². The average molecular weight is 209 g/mol. The van der Waals surface area contributed by atoms with Crippen LogP contribution in [0, 0.1) is 17.8 Å². The van der Waals surface area contributed by atoms with Crippen molar-refractivity contribution in [3.63, 3.8) is 0 Å². The van der Waals surface area contributed by atoms with E-state index in [2.05, 4.69) is 32.0 Å². The van der Waals surface area contributed by atoms with Gasteiger partial charge in [-0.15, -0.1) is 6.42 Å². The predicted octanol–water partition coefficient (Wildman–Crippen LogP) is 2.19. The molecule has 0 radical (unpaired) electrons. The van der Waals surface area contributed by atoms with E-state index in [9.17, 15) is 0 Å². The molecule has 0 aliphatic heterocycles. The minimum atomic E-state index is 0.205. The van der Waals surface area contributed by atoms with Crippen LogP contribution < -0.4 is 5.32 Å². The van der Waals surface area contributed by atoms with Gasteiger partial charge in [-0.1, -0.05) is 26.7 Å². The third kappa shape index (κ3) is 2.53. The molecule has 0 bridgehead atoms. The first-order chi connectivity index (χ1) is 7.06. The maximum Gasteiger partial charge on any atom is 0.0686 e. The van der Waals surface area contributed by atoms with Gasteiger partial charge in [-0.3, -0.25) is 0 Å². The van der Waals surface area contributed by atoms with E-state index < -0.39 is 0 Å². The summed E-state index contributed by atoms with van der Waals surface area (Å²) < 4.78 is 5.68. The Kier molecular flexibility index (Phi) is 4.19. The van der Waals surface area contributed by atoms with Gasteiger partial charge in [0.2, 0.25) is 0 Å². The van der Waals surface area contributed by atoms with E-state index >= 15 is 0 Å². The lowest BCUT2D eigenvalue weighted by atomic mass is 9.64. The first-order valence-electron chi connectivity index (χ1n) is 5.90. The van der Waals surface area contributed by atoms with E-state index in [1.165, 1.54) is 0 Å². The zero-order valence-corrected chi connectivity index (χ0v) is 10.3. The summed E-state index contributed by atoms with van der Waals surface area (Å²) in [6, 6.07) is 0.701. The highest BCUT2D eigenvalue weighted by Gasteiger charge is 2.48. The van der Waals surface area contributed by atoms with E-state index in [1.54, 1.807) is 0 Å². The molecule has 3 unspecified atom stereocenters. The van der Waals surface area contributed by atoms with Crippen molar-refractivity contribution in [1.82, 2.24) is 5.32 Å². The largest absolute Gasteiger partial charge is 0.378 e. The molecule has 0 aromatic heterocycles. The lowest BCUT2D eigenvalue weighted by molar-refractivity contribution is -0.115. The molecule has 1 saturated carbocycles. The van der Waals surface area contributed by atoms with Crippen LogP contribution >= 0.6 is 0 Å². The Balaban J connectivity index is 2.45. The highest BCUT2D eigenvalue weighted by Crippen LogP contribution is 2.42. The summed E-state index contributed by atoms with van der Waals surface area (Å²) in [7, 11) is 0. The fourth-order valence-corrected chi connectivity index (χ4v) is 2.18. The molecule has 2 heteroatoms. The third-order valence-electron chi connectivity index (χ3n) is 3.56. The highest BCUT2D eigenvalue weighted by atomic mass is 16.5. The number of hydrogen-bond acceptors (Lipinski definition) is 2. The van der Waals surface area contributed by atoms with E-state index in [1.807, 2.05) is 6.92 Å². The van der Waals surface area contributed by atoms with Crippen molar-refractivity contribution in [2.45, 2.75) is 58.7 Å². The Morgan fingerprint density at radius 2 is 2.20 bits per heavy atom. The van der Waals surface area contributed by atoms with Crippen molar-refractivity contribution in [2.75, 3.05) is 6.61 Å². The molecule has 1 aliphatic carbocycles. The molecular weight excluding hydrogens is 186 g/mol. The molecule has 1 fully saturated rings. The molecule has 1 N–H and O–H groups in total. The molecule has 2 nitrogen and oxygen atoms in total. The van der Waals surface area contributed by atoms with Crippen LogP contribution in [0.15, 0.2) is 0 Å². The first kappa shape index (κ1) is 12.5. The van der Waals surface area contributed by atoms with Gasteiger partial charge in [0.25, 0.3) is 0 Å². The molecule has 86 valence electrons. The summed E-state index contributed by atoms with van der Waals surface area (Å²) in [5.41, 5.74) is 0.209. The maximum absolute atomic E-state index is 5.68. The van der Waals surface area contributed by atoms with Gasteiger partial charge in [0.05, 0.1) is 12.1 Å². The lowest BCUT2D eigenvalue weighted by Gasteiger charge is -2.52. The topological polar surface area (TPSA) is 21.3 Å². The van der Waals surface area contributed by atoms with Crippen LogP contribution in [0.5, 0.6) is 0 Å². The standard InChI is InChI=1S/C13H23NO/c1-6-10(7-2)14-11-9-12(15-8-3)13(11,4)5/h1,10-12,14H,7-9H2,2-5H3. The number of ether oxygens (including phenoxy) is 1. The molecule has 0 aromatic carbocycles. The van der Waals surface area contributed by atoms with E-state index in [-0.39, 0.29) is 11.5 Å². The SMILES string of the molecule is C#CC(CC)NC1CC(OCC)C1(C)C. The summed E-state index contributed by atoms with van der Waals surface area (Å²) >= 11 is 0. The minimum absolute atomic E-state index is 0.205. The molecule has 15 heavy (non-hydrogen) atoms. The number of nitrogens with one attached hydrogen (secondary N) is 1. The van der Waals surface area contributed by atoms with Crippen LogP contribution in [0.25, 0.3) is 0 Å². The van der Waals surface area contributed by atoms with Crippen molar-refractivity contribution in [2.24, 2.45) is 5.41 Å². The number of terminal acetylenes is 1. The van der Waals surface area contributed by atoms with Crippen LogP contribution in [0.1, 0.15) is 40.5 Å². The number of rotatable bonds is 5. The maximum atomic E-state index is 5.68. The average Bonchev–Trinajstić information content (AvgIpc) is 2.22. The Hall–Kier alpha value is -0.520. The zero-order chi connectivity index (χ0) is 11.5. The first-order valence-corrected chi connectivity index (χ1v) is 5.90.